The molecule has 102 valence electrons. The minimum Gasteiger partial charge on any atom is -0.408 e. The van der Waals surface area contributed by atoms with Crippen molar-refractivity contribution in [3.05, 3.63) is 40.4 Å². The van der Waals surface area contributed by atoms with Crippen LogP contribution in [0.5, 0.6) is 0 Å². The van der Waals surface area contributed by atoms with E-state index in [1.165, 1.54) is 5.56 Å². The molecule has 1 N–H and O–H groups in total. The van der Waals surface area contributed by atoms with Crippen LogP contribution in [0.4, 0.5) is 0 Å². The molecule has 0 spiro atoms. The molecule has 0 saturated carbocycles. The zero-order valence-corrected chi connectivity index (χ0v) is 12.8. The van der Waals surface area contributed by atoms with E-state index < -0.39 is 0 Å². The molecule has 0 atom stereocenters. The van der Waals surface area contributed by atoms with Gasteiger partial charge in [0.25, 0.3) is 10.7 Å². The number of hydrogen-bond donors (Lipinski definition) is 1. The zero-order chi connectivity index (χ0) is 14.1. The SMILES string of the molecule is CCc1nc(-c2ccccc2C)sc1-c1n[nH]c(=S)o1. The van der Waals surface area contributed by atoms with Crippen molar-refractivity contribution >= 4 is 23.6 Å². The number of aryl methyl sites for hydroxylation is 2. The van der Waals surface area contributed by atoms with E-state index in [-0.39, 0.29) is 4.84 Å². The fourth-order valence-electron chi connectivity index (χ4n) is 2.01. The Bertz CT molecular complexity index is 801. The van der Waals surface area contributed by atoms with Crippen molar-refractivity contribution in [1.29, 1.82) is 0 Å². The maximum absolute atomic E-state index is 5.41. The minimum absolute atomic E-state index is 0.285. The van der Waals surface area contributed by atoms with Crippen molar-refractivity contribution in [2.45, 2.75) is 20.3 Å². The molecule has 2 aromatic heterocycles. The molecule has 0 aliphatic carbocycles. The summed E-state index contributed by atoms with van der Waals surface area (Å²) < 4.78 is 5.41. The Morgan fingerprint density at radius 2 is 2.15 bits per heavy atom. The van der Waals surface area contributed by atoms with Gasteiger partial charge in [-0.3, -0.25) is 0 Å². The van der Waals surface area contributed by atoms with Crippen LogP contribution in [0, 0.1) is 11.8 Å². The zero-order valence-electron chi connectivity index (χ0n) is 11.1. The Labute approximate surface area is 125 Å². The minimum atomic E-state index is 0.285. The van der Waals surface area contributed by atoms with Gasteiger partial charge in [-0.05, 0) is 31.1 Å². The number of H-pyrrole nitrogens is 1. The quantitative estimate of drug-likeness (QED) is 0.729. The summed E-state index contributed by atoms with van der Waals surface area (Å²) in [5.74, 6) is 0.518. The van der Waals surface area contributed by atoms with Gasteiger partial charge in [0.1, 0.15) is 9.88 Å². The normalized spacial score (nSPS) is 10.9. The van der Waals surface area contributed by atoms with Gasteiger partial charge in [-0.1, -0.05) is 31.2 Å². The van der Waals surface area contributed by atoms with Crippen LogP contribution in [-0.4, -0.2) is 15.2 Å². The molecule has 6 heteroatoms. The average molecular weight is 303 g/mol. The van der Waals surface area contributed by atoms with Crippen LogP contribution in [0.2, 0.25) is 0 Å². The molecule has 1 aromatic carbocycles. The average Bonchev–Trinajstić information content (AvgIpc) is 3.05. The fourth-order valence-corrected chi connectivity index (χ4v) is 3.31. The second kappa shape index (κ2) is 5.30. The lowest BCUT2D eigenvalue weighted by molar-refractivity contribution is 0.552. The first-order valence-corrected chi connectivity index (χ1v) is 7.53. The van der Waals surface area contributed by atoms with Gasteiger partial charge in [0.15, 0.2) is 0 Å². The van der Waals surface area contributed by atoms with Crippen LogP contribution < -0.4 is 0 Å². The summed E-state index contributed by atoms with van der Waals surface area (Å²) in [7, 11) is 0. The van der Waals surface area contributed by atoms with Crippen molar-refractivity contribution in [2.75, 3.05) is 0 Å². The summed E-state index contributed by atoms with van der Waals surface area (Å²) >= 11 is 6.52. The molecule has 4 nitrogen and oxygen atoms in total. The van der Waals surface area contributed by atoms with Crippen LogP contribution in [0.1, 0.15) is 18.2 Å². The molecular formula is C14H13N3OS2. The van der Waals surface area contributed by atoms with Gasteiger partial charge in [-0.2, -0.15) is 0 Å². The van der Waals surface area contributed by atoms with Crippen molar-refractivity contribution in [3.63, 3.8) is 0 Å². The lowest BCUT2D eigenvalue weighted by Gasteiger charge is -1.99. The first kappa shape index (κ1) is 13.2. The van der Waals surface area contributed by atoms with Gasteiger partial charge < -0.3 is 4.42 Å². The largest absolute Gasteiger partial charge is 0.408 e. The molecule has 0 amide bonds. The van der Waals surface area contributed by atoms with Crippen molar-refractivity contribution in [3.8, 4) is 21.3 Å². The highest BCUT2D eigenvalue weighted by molar-refractivity contribution is 7.71. The lowest BCUT2D eigenvalue weighted by Crippen LogP contribution is -1.85. The Balaban J connectivity index is 2.14. The molecule has 0 aliphatic heterocycles. The van der Waals surface area contributed by atoms with Crippen LogP contribution in [0.25, 0.3) is 21.3 Å². The topological polar surface area (TPSA) is 54.7 Å². The Morgan fingerprint density at radius 1 is 1.35 bits per heavy atom. The van der Waals surface area contributed by atoms with Gasteiger partial charge in [0.2, 0.25) is 0 Å². The molecule has 0 bridgehead atoms. The molecule has 0 aliphatic rings. The fraction of sp³-hybridized carbons (Fsp3) is 0.214. The molecule has 0 unspecified atom stereocenters. The molecule has 0 radical (unpaired) electrons. The van der Waals surface area contributed by atoms with Crippen LogP contribution >= 0.6 is 23.6 Å². The molecule has 0 fully saturated rings. The van der Waals surface area contributed by atoms with Crippen molar-refractivity contribution in [1.82, 2.24) is 15.2 Å². The highest BCUT2D eigenvalue weighted by Crippen LogP contribution is 2.35. The molecule has 2 heterocycles. The number of aromatic nitrogens is 3. The maximum Gasteiger partial charge on any atom is 0.284 e. The van der Waals surface area contributed by atoms with Gasteiger partial charge in [0.05, 0.1) is 5.69 Å². The van der Waals surface area contributed by atoms with E-state index in [9.17, 15) is 0 Å². The Hall–Kier alpha value is -1.79. The molecule has 0 saturated heterocycles. The first-order valence-electron chi connectivity index (χ1n) is 6.30. The highest BCUT2D eigenvalue weighted by Gasteiger charge is 2.17. The smallest absolute Gasteiger partial charge is 0.284 e. The van der Waals surface area contributed by atoms with Gasteiger partial charge in [0, 0.05) is 5.56 Å². The van der Waals surface area contributed by atoms with E-state index in [2.05, 4.69) is 36.2 Å². The number of benzene rings is 1. The third kappa shape index (κ3) is 2.32. The van der Waals surface area contributed by atoms with E-state index in [1.807, 2.05) is 12.1 Å². The van der Waals surface area contributed by atoms with E-state index in [1.54, 1.807) is 11.3 Å². The van der Waals surface area contributed by atoms with E-state index in [0.717, 1.165) is 27.6 Å². The predicted molar refractivity (Wildman–Crippen MR) is 82.3 cm³/mol. The summed E-state index contributed by atoms with van der Waals surface area (Å²) in [6, 6.07) is 8.22. The Morgan fingerprint density at radius 3 is 2.80 bits per heavy atom. The number of nitrogens with one attached hydrogen (secondary N) is 1. The van der Waals surface area contributed by atoms with Gasteiger partial charge in [-0.15, -0.1) is 16.4 Å². The van der Waals surface area contributed by atoms with Gasteiger partial charge in [-0.25, -0.2) is 10.1 Å². The summed E-state index contributed by atoms with van der Waals surface area (Å²) in [5.41, 5.74) is 3.34. The van der Waals surface area contributed by atoms with Crippen LogP contribution in [0.3, 0.4) is 0 Å². The summed E-state index contributed by atoms with van der Waals surface area (Å²) in [5, 5.41) is 7.74. The predicted octanol–water partition coefficient (Wildman–Crippen LogP) is 4.39. The maximum atomic E-state index is 5.41. The van der Waals surface area contributed by atoms with Crippen molar-refractivity contribution in [2.24, 2.45) is 0 Å². The first-order chi connectivity index (χ1) is 9.69. The molecular weight excluding hydrogens is 290 g/mol. The number of rotatable bonds is 3. The highest BCUT2D eigenvalue weighted by atomic mass is 32.1. The standard InChI is InChI=1S/C14H13N3OS2/c1-3-10-11(12-16-17-14(19)18-12)20-13(15-10)9-7-5-4-6-8(9)2/h4-7H,3H2,1-2H3,(H,17,19). The third-order valence-electron chi connectivity index (χ3n) is 3.04. The molecule has 3 rings (SSSR count). The third-order valence-corrected chi connectivity index (χ3v) is 4.33. The van der Waals surface area contributed by atoms with E-state index >= 15 is 0 Å². The number of aromatic amines is 1. The molecule has 20 heavy (non-hydrogen) atoms. The Kier molecular flexibility index (Phi) is 3.50. The monoisotopic (exact) mass is 303 g/mol. The van der Waals surface area contributed by atoms with E-state index in [0.29, 0.717) is 5.89 Å². The number of nitrogens with zero attached hydrogens (tertiary/aromatic N) is 2. The summed E-state index contributed by atoms with van der Waals surface area (Å²) in [6.07, 6.45) is 0.826. The summed E-state index contributed by atoms with van der Waals surface area (Å²) in [6.45, 7) is 4.16. The number of hydrogen-bond acceptors (Lipinski definition) is 5. The summed E-state index contributed by atoms with van der Waals surface area (Å²) in [4.78, 5) is 5.94. The van der Waals surface area contributed by atoms with Gasteiger partial charge >= 0.3 is 0 Å². The molecule has 3 aromatic rings. The lowest BCUT2D eigenvalue weighted by atomic mass is 10.1. The van der Waals surface area contributed by atoms with E-state index in [4.69, 9.17) is 21.6 Å². The second-order valence-electron chi connectivity index (χ2n) is 4.38. The van der Waals surface area contributed by atoms with Crippen LogP contribution in [0.15, 0.2) is 28.7 Å². The second-order valence-corrected chi connectivity index (χ2v) is 5.75. The van der Waals surface area contributed by atoms with Crippen molar-refractivity contribution < 1.29 is 4.42 Å². The number of thiazole rings is 1. The van der Waals surface area contributed by atoms with Crippen LogP contribution in [-0.2, 0) is 6.42 Å².